The van der Waals surface area contributed by atoms with Gasteiger partial charge in [0, 0.05) is 12.1 Å². The van der Waals surface area contributed by atoms with E-state index in [1.807, 2.05) is 6.92 Å². The van der Waals surface area contributed by atoms with Crippen LogP contribution in [0.3, 0.4) is 0 Å². The highest BCUT2D eigenvalue weighted by molar-refractivity contribution is 5.48. The van der Waals surface area contributed by atoms with E-state index in [0.717, 1.165) is 5.56 Å². The molecule has 0 spiro atoms. The fraction of sp³-hybridized carbons (Fsp3) is 0.400. The number of nitrogens with two attached hydrogens (primary N) is 1. The van der Waals surface area contributed by atoms with E-state index in [9.17, 15) is 10.1 Å². The van der Waals surface area contributed by atoms with Crippen LogP contribution < -0.4 is 10.5 Å². The zero-order valence-electron chi connectivity index (χ0n) is 8.77. The second-order valence-corrected chi connectivity index (χ2v) is 3.44. The van der Waals surface area contributed by atoms with Crippen LogP contribution in [-0.2, 0) is 6.42 Å². The molecule has 0 heterocycles. The van der Waals surface area contributed by atoms with Crippen LogP contribution in [-0.4, -0.2) is 18.1 Å². The molecule has 82 valence electrons. The van der Waals surface area contributed by atoms with Gasteiger partial charge < -0.3 is 10.5 Å². The second kappa shape index (κ2) is 4.75. The molecule has 0 saturated heterocycles. The Bertz CT molecular complexity index is 364. The summed E-state index contributed by atoms with van der Waals surface area (Å²) < 4.78 is 4.95. The van der Waals surface area contributed by atoms with E-state index in [4.69, 9.17) is 10.5 Å². The van der Waals surface area contributed by atoms with Gasteiger partial charge >= 0.3 is 5.69 Å². The molecule has 0 radical (unpaired) electrons. The summed E-state index contributed by atoms with van der Waals surface area (Å²) in [5, 5.41) is 10.6. The number of ether oxygens (including phenoxy) is 1. The van der Waals surface area contributed by atoms with Gasteiger partial charge in [-0.15, -0.1) is 0 Å². The molecule has 0 aliphatic rings. The van der Waals surface area contributed by atoms with E-state index in [0.29, 0.717) is 6.42 Å². The lowest BCUT2D eigenvalue weighted by Crippen LogP contribution is -2.17. The first-order chi connectivity index (χ1) is 7.04. The molecular formula is C10H14N2O3. The van der Waals surface area contributed by atoms with Crippen molar-refractivity contribution in [1.82, 2.24) is 0 Å². The number of nitro groups is 1. The van der Waals surface area contributed by atoms with Gasteiger partial charge in [-0.25, -0.2) is 0 Å². The average molecular weight is 210 g/mol. The number of hydrogen-bond acceptors (Lipinski definition) is 4. The van der Waals surface area contributed by atoms with Gasteiger partial charge in [0.1, 0.15) is 0 Å². The smallest absolute Gasteiger partial charge is 0.310 e. The van der Waals surface area contributed by atoms with E-state index in [-0.39, 0.29) is 17.5 Å². The van der Waals surface area contributed by atoms with Crippen LogP contribution in [0.15, 0.2) is 18.2 Å². The van der Waals surface area contributed by atoms with Crippen molar-refractivity contribution in [3.05, 3.63) is 33.9 Å². The average Bonchev–Trinajstić information content (AvgIpc) is 2.16. The van der Waals surface area contributed by atoms with Crippen molar-refractivity contribution < 1.29 is 9.66 Å². The first-order valence-corrected chi connectivity index (χ1v) is 4.61. The topological polar surface area (TPSA) is 78.4 Å². The highest BCUT2D eigenvalue weighted by atomic mass is 16.6. The number of benzene rings is 1. The fourth-order valence-corrected chi connectivity index (χ4v) is 1.37. The Kier molecular flexibility index (Phi) is 3.62. The molecule has 0 aliphatic carbocycles. The predicted molar refractivity (Wildman–Crippen MR) is 57.0 cm³/mol. The Hall–Kier alpha value is -1.62. The van der Waals surface area contributed by atoms with Crippen LogP contribution >= 0.6 is 0 Å². The summed E-state index contributed by atoms with van der Waals surface area (Å²) in [7, 11) is 1.41. The number of nitrogens with zero attached hydrogens (tertiary/aromatic N) is 1. The van der Waals surface area contributed by atoms with E-state index >= 15 is 0 Å². The Morgan fingerprint density at radius 2 is 2.27 bits per heavy atom. The maximum Gasteiger partial charge on any atom is 0.310 e. The Labute approximate surface area is 88.0 Å². The van der Waals surface area contributed by atoms with Gasteiger partial charge in [0.05, 0.1) is 12.0 Å². The number of rotatable bonds is 4. The quantitative estimate of drug-likeness (QED) is 0.603. The summed E-state index contributed by atoms with van der Waals surface area (Å²) >= 11 is 0. The second-order valence-electron chi connectivity index (χ2n) is 3.44. The molecule has 0 fully saturated rings. The summed E-state index contributed by atoms with van der Waals surface area (Å²) in [4.78, 5) is 10.2. The molecule has 2 N–H and O–H groups in total. The summed E-state index contributed by atoms with van der Waals surface area (Å²) in [6, 6.07) is 4.82. The Morgan fingerprint density at radius 1 is 1.60 bits per heavy atom. The van der Waals surface area contributed by atoms with E-state index < -0.39 is 4.92 Å². The molecular weight excluding hydrogens is 196 g/mol. The summed E-state index contributed by atoms with van der Waals surface area (Å²) in [5.41, 5.74) is 6.55. The third-order valence-electron chi connectivity index (χ3n) is 2.00. The Morgan fingerprint density at radius 3 is 2.73 bits per heavy atom. The lowest BCUT2D eigenvalue weighted by atomic mass is 10.1. The van der Waals surface area contributed by atoms with Crippen molar-refractivity contribution in [1.29, 1.82) is 0 Å². The van der Waals surface area contributed by atoms with Crippen LogP contribution in [0.5, 0.6) is 5.75 Å². The fourth-order valence-electron chi connectivity index (χ4n) is 1.37. The molecule has 15 heavy (non-hydrogen) atoms. The zero-order chi connectivity index (χ0) is 11.4. The molecule has 0 saturated carbocycles. The summed E-state index contributed by atoms with van der Waals surface area (Å²) in [6.45, 7) is 1.88. The van der Waals surface area contributed by atoms with Gasteiger partial charge in [0.15, 0.2) is 5.75 Å². The first-order valence-electron chi connectivity index (χ1n) is 4.61. The van der Waals surface area contributed by atoms with E-state index in [1.54, 1.807) is 12.1 Å². The summed E-state index contributed by atoms with van der Waals surface area (Å²) in [6.07, 6.45) is 0.675. The molecule has 5 heteroatoms. The first kappa shape index (κ1) is 11.5. The molecule has 5 nitrogen and oxygen atoms in total. The van der Waals surface area contributed by atoms with E-state index in [1.165, 1.54) is 13.2 Å². The molecule has 1 aromatic carbocycles. The monoisotopic (exact) mass is 210 g/mol. The van der Waals surface area contributed by atoms with Crippen molar-refractivity contribution in [2.45, 2.75) is 19.4 Å². The number of methoxy groups -OCH3 is 1. The molecule has 1 atom stereocenters. The maximum atomic E-state index is 10.6. The predicted octanol–water partition coefficient (Wildman–Crippen LogP) is 1.49. The normalized spacial score (nSPS) is 12.2. The third kappa shape index (κ3) is 2.92. The van der Waals surface area contributed by atoms with Gasteiger partial charge in [-0.05, 0) is 25.0 Å². The number of hydrogen-bond donors (Lipinski definition) is 1. The van der Waals surface area contributed by atoms with Crippen molar-refractivity contribution in [2.24, 2.45) is 5.73 Å². The lowest BCUT2D eigenvalue weighted by molar-refractivity contribution is -0.385. The van der Waals surface area contributed by atoms with Crippen LogP contribution in [0.1, 0.15) is 12.5 Å². The van der Waals surface area contributed by atoms with Crippen molar-refractivity contribution in [3.8, 4) is 5.75 Å². The van der Waals surface area contributed by atoms with Gasteiger partial charge in [0.25, 0.3) is 0 Å². The lowest BCUT2D eigenvalue weighted by Gasteiger charge is -2.07. The van der Waals surface area contributed by atoms with Crippen LogP contribution in [0.4, 0.5) is 5.69 Å². The van der Waals surface area contributed by atoms with Gasteiger partial charge in [-0.1, -0.05) is 6.07 Å². The highest BCUT2D eigenvalue weighted by Crippen LogP contribution is 2.27. The van der Waals surface area contributed by atoms with Crippen LogP contribution in [0, 0.1) is 10.1 Å². The standard InChI is InChI=1S/C10H14N2O3/c1-7(11)5-8-3-4-9(12(13)14)10(6-8)15-2/h3-4,6-7H,5,11H2,1-2H3. The van der Waals surface area contributed by atoms with Gasteiger partial charge in [-0.2, -0.15) is 0 Å². The number of nitro benzene ring substituents is 1. The zero-order valence-corrected chi connectivity index (χ0v) is 8.77. The van der Waals surface area contributed by atoms with Gasteiger partial charge in [0.2, 0.25) is 0 Å². The van der Waals surface area contributed by atoms with Crippen molar-refractivity contribution in [2.75, 3.05) is 7.11 Å². The minimum Gasteiger partial charge on any atom is -0.490 e. The third-order valence-corrected chi connectivity index (χ3v) is 2.00. The van der Waals surface area contributed by atoms with Crippen molar-refractivity contribution >= 4 is 5.69 Å². The van der Waals surface area contributed by atoms with Crippen LogP contribution in [0.25, 0.3) is 0 Å². The molecule has 0 amide bonds. The van der Waals surface area contributed by atoms with Crippen molar-refractivity contribution in [3.63, 3.8) is 0 Å². The largest absolute Gasteiger partial charge is 0.490 e. The highest BCUT2D eigenvalue weighted by Gasteiger charge is 2.14. The minimum atomic E-state index is -0.464. The van der Waals surface area contributed by atoms with E-state index in [2.05, 4.69) is 0 Å². The van der Waals surface area contributed by atoms with Crippen LogP contribution in [0.2, 0.25) is 0 Å². The maximum absolute atomic E-state index is 10.6. The molecule has 0 aromatic heterocycles. The minimum absolute atomic E-state index is 0.0223. The van der Waals surface area contributed by atoms with Gasteiger partial charge in [-0.3, -0.25) is 10.1 Å². The molecule has 1 unspecified atom stereocenters. The SMILES string of the molecule is COc1cc(CC(C)N)ccc1[N+](=O)[O-]. The molecule has 0 aliphatic heterocycles. The molecule has 0 bridgehead atoms. The molecule has 1 rings (SSSR count). The molecule has 1 aromatic rings. The Balaban J connectivity index is 3.02. The summed E-state index contributed by atoms with van der Waals surface area (Å²) in [5.74, 6) is 0.276.